The molecule has 0 bridgehead atoms. The van der Waals surface area contributed by atoms with Crippen molar-refractivity contribution in [1.82, 2.24) is 9.97 Å². The van der Waals surface area contributed by atoms with E-state index < -0.39 is 0 Å². The summed E-state index contributed by atoms with van der Waals surface area (Å²) in [4.78, 5) is 11.9. The molecule has 0 atom stereocenters. The van der Waals surface area contributed by atoms with E-state index in [2.05, 4.69) is 37.6 Å². The molecule has 0 spiro atoms. The number of nitrogens with zero attached hydrogens (tertiary/aromatic N) is 3. The van der Waals surface area contributed by atoms with Gasteiger partial charge in [0.2, 0.25) is 5.95 Å². The third kappa shape index (κ3) is 6.33. The van der Waals surface area contributed by atoms with Crippen LogP contribution in [0.2, 0.25) is 0 Å². The van der Waals surface area contributed by atoms with E-state index in [4.69, 9.17) is 4.98 Å². The first-order valence-electron chi connectivity index (χ1n) is 9.35. The minimum atomic E-state index is 0.596. The smallest absolute Gasteiger partial charge is 0.225 e. The largest absolute Gasteiger partial charge is 0.338 e. The number of anilines is 1. The maximum Gasteiger partial charge on any atom is 0.225 e. The number of hydrogen-bond acceptors (Lipinski definition) is 3. The standard InChI is InChI=1S/C19H35N3/c1-5-9-12-18(13-10-6-2)22(16-11-7-3)19-20-15-14-17(8-4)21-19/h14-15,18H,5-13,16H2,1-4H3. The molecule has 1 aromatic heterocycles. The van der Waals surface area contributed by atoms with Crippen LogP contribution in [0.15, 0.2) is 12.3 Å². The fraction of sp³-hybridized carbons (Fsp3) is 0.789. The quantitative estimate of drug-likeness (QED) is 0.518. The van der Waals surface area contributed by atoms with Crippen LogP contribution in [-0.2, 0) is 6.42 Å². The molecule has 0 N–H and O–H groups in total. The molecule has 0 radical (unpaired) electrons. The molecule has 0 aliphatic rings. The van der Waals surface area contributed by atoms with Crippen LogP contribution in [0.1, 0.15) is 84.8 Å². The van der Waals surface area contributed by atoms with Crippen molar-refractivity contribution in [2.45, 2.75) is 91.5 Å². The van der Waals surface area contributed by atoms with Gasteiger partial charge in [-0.25, -0.2) is 9.97 Å². The maximum absolute atomic E-state index is 4.80. The van der Waals surface area contributed by atoms with Crippen LogP contribution in [0.3, 0.4) is 0 Å². The molecule has 0 fully saturated rings. The topological polar surface area (TPSA) is 29.0 Å². The van der Waals surface area contributed by atoms with E-state index in [9.17, 15) is 0 Å². The van der Waals surface area contributed by atoms with Crippen LogP contribution in [-0.4, -0.2) is 22.6 Å². The highest BCUT2D eigenvalue weighted by Crippen LogP contribution is 2.21. The SMILES string of the molecule is CCCCC(CCCC)N(CCCC)c1nccc(CC)n1. The van der Waals surface area contributed by atoms with Crippen molar-refractivity contribution in [1.29, 1.82) is 0 Å². The zero-order valence-corrected chi connectivity index (χ0v) is 15.1. The van der Waals surface area contributed by atoms with Crippen molar-refractivity contribution in [3.8, 4) is 0 Å². The minimum Gasteiger partial charge on any atom is -0.338 e. The Hall–Kier alpha value is -1.12. The van der Waals surface area contributed by atoms with Crippen LogP contribution < -0.4 is 4.90 Å². The molecule has 1 rings (SSSR count). The van der Waals surface area contributed by atoms with E-state index in [0.29, 0.717) is 6.04 Å². The highest BCUT2D eigenvalue weighted by atomic mass is 15.3. The second-order valence-electron chi connectivity index (χ2n) is 6.19. The molecule has 3 heteroatoms. The highest BCUT2D eigenvalue weighted by molar-refractivity contribution is 5.32. The molecule has 0 aliphatic heterocycles. The van der Waals surface area contributed by atoms with Gasteiger partial charge in [0.1, 0.15) is 0 Å². The molecular weight excluding hydrogens is 270 g/mol. The number of aromatic nitrogens is 2. The highest BCUT2D eigenvalue weighted by Gasteiger charge is 2.20. The van der Waals surface area contributed by atoms with Crippen LogP contribution in [0.25, 0.3) is 0 Å². The lowest BCUT2D eigenvalue weighted by Gasteiger charge is -2.32. The van der Waals surface area contributed by atoms with Gasteiger partial charge in [-0.3, -0.25) is 0 Å². The van der Waals surface area contributed by atoms with Crippen molar-refractivity contribution in [2.24, 2.45) is 0 Å². The molecule has 0 saturated heterocycles. The average Bonchev–Trinajstić information content (AvgIpc) is 2.57. The van der Waals surface area contributed by atoms with Gasteiger partial charge in [-0.1, -0.05) is 59.8 Å². The molecule has 1 aromatic rings. The van der Waals surface area contributed by atoms with E-state index in [0.717, 1.165) is 24.6 Å². The molecule has 0 amide bonds. The fourth-order valence-corrected chi connectivity index (χ4v) is 2.83. The Kier molecular flexibility index (Phi) is 9.85. The molecule has 22 heavy (non-hydrogen) atoms. The first-order valence-corrected chi connectivity index (χ1v) is 9.35. The molecule has 126 valence electrons. The third-order valence-electron chi connectivity index (χ3n) is 4.29. The normalized spacial score (nSPS) is 11.1. The summed E-state index contributed by atoms with van der Waals surface area (Å²) >= 11 is 0. The lowest BCUT2D eigenvalue weighted by atomic mass is 10.0. The van der Waals surface area contributed by atoms with Gasteiger partial charge in [-0.2, -0.15) is 0 Å². The number of rotatable bonds is 12. The number of aryl methyl sites for hydroxylation is 1. The van der Waals surface area contributed by atoms with Crippen molar-refractivity contribution < 1.29 is 0 Å². The molecule has 1 heterocycles. The second-order valence-corrected chi connectivity index (χ2v) is 6.19. The van der Waals surface area contributed by atoms with Gasteiger partial charge in [-0.15, -0.1) is 0 Å². The third-order valence-corrected chi connectivity index (χ3v) is 4.29. The van der Waals surface area contributed by atoms with Crippen molar-refractivity contribution in [3.05, 3.63) is 18.0 Å². The lowest BCUT2D eigenvalue weighted by molar-refractivity contribution is 0.467. The molecule has 0 unspecified atom stereocenters. The Bertz CT molecular complexity index is 384. The average molecular weight is 306 g/mol. The summed E-state index contributed by atoms with van der Waals surface area (Å²) in [6.45, 7) is 10.1. The maximum atomic E-state index is 4.80. The van der Waals surface area contributed by atoms with Gasteiger partial charge in [0.25, 0.3) is 0 Å². The van der Waals surface area contributed by atoms with Crippen molar-refractivity contribution in [3.63, 3.8) is 0 Å². The van der Waals surface area contributed by atoms with Gasteiger partial charge in [0.05, 0.1) is 0 Å². The molecule has 0 saturated carbocycles. The van der Waals surface area contributed by atoms with E-state index in [1.807, 2.05) is 12.3 Å². The fourth-order valence-electron chi connectivity index (χ4n) is 2.83. The van der Waals surface area contributed by atoms with Gasteiger partial charge >= 0.3 is 0 Å². The van der Waals surface area contributed by atoms with Crippen molar-refractivity contribution in [2.75, 3.05) is 11.4 Å². The summed E-state index contributed by atoms with van der Waals surface area (Å²) in [5.41, 5.74) is 1.15. The second kappa shape index (κ2) is 11.4. The van der Waals surface area contributed by atoms with Crippen LogP contribution in [0.4, 0.5) is 5.95 Å². The van der Waals surface area contributed by atoms with Crippen molar-refractivity contribution >= 4 is 5.95 Å². The van der Waals surface area contributed by atoms with Crippen LogP contribution >= 0.6 is 0 Å². The van der Waals surface area contributed by atoms with Gasteiger partial charge in [0.15, 0.2) is 0 Å². The monoisotopic (exact) mass is 305 g/mol. The van der Waals surface area contributed by atoms with Gasteiger partial charge < -0.3 is 4.90 Å². The van der Waals surface area contributed by atoms with Crippen LogP contribution in [0, 0.1) is 0 Å². The van der Waals surface area contributed by atoms with Gasteiger partial charge in [-0.05, 0) is 31.7 Å². The van der Waals surface area contributed by atoms with E-state index >= 15 is 0 Å². The first kappa shape index (κ1) is 18.9. The Balaban J connectivity index is 2.93. The van der Waals surface area contributed by atoms with E-state index in [-0.39, 0.29) is 0 Å². The summed E-state index contributed by atoms with van der Waals surface area (Å²) in [7, 11) is 0. The predicted molar refractivity (Wildman–Crippen MR) is 96.5 cm³/mol. The molecule has 0 aliphatic carbocycles. The summed E-state index contributed by atoms with van der Waals surface area (Å²) in [5.74, 6) is 0.949. The summed E-state index contributed by atoms with van der Waals surface area (Å²) in [6.07, 6.45) is 13.0. The lowest BCUT2D eigenvalue weighted by Crippen LogP contribution is -2.37. The Morgan fingerprint density at radius 2 is 1.59 bits per heavy atom. The van der Waals surface area contributed by atoms with Crippen LogP contribution in [0.5, 0.6) is 0 Å². The van der Waals surface area contributed by atoms with E-state index in [1.165, 1.54) is 51.4 Å². The molecular formula is C19H35N3. The summed E-state index contributed by atoms with van der Waals surface area (Å²) < 4.78 is 0. The zero-order chi connectivity index (χ0) is 16.2. The number of hydrogen-bond donors (Lipinski definition) is 0. The first-order chi connectivity index (χ1) is 10.8. The predicted octanol–water partition coefficient (Wildman–Crippen LogP) is 5.39. The zero-order valence-electron chi connectivity index (χ0n) is 15.1. The molecule has 0 aromatic carbocycles. The minimum absolute atomic E-state index is 0.596. The summed E-state index contributed by atoms with van der Waals surface area (Å²) in [5, 5.41) is 0. The van der Waals surface area contributed by atoms with E-state index in [1.54, 1.807) is 0 Å². The molecule has 3 nitrogen and oxygen atoms in total. The Morgan fingerprint density at radius 1 is 0.955 bits per heavy atom. The Morgan fingerprint density at radius 3 is 2.14 bits per heavy atom. The van der Waals surface area contributed by atoms with Gasteiger partial charge in [0, 0.05) is 24.5 Å². The number of unbranched alkanes of at least 4 members (excludes halogenated alkanes) is 3. The Labute approximate surface area is 137 Å². The summed E-state index contributed by atoms with van der Waals surface area (Å²) in [6, 6.07) is 2.63.